The van der Waals surface area contributed by atoms with E-state index in [1.54, 1.807) is 23.1 Å². The molecule has 5 heteroatoms. The van der Waals surface area contributed by atoms with Crippen molar-refractivity contribution in [1.29, 1.82) is 0 Å². The molecule has 148 valence electrons. The second-order valence-corrected chi connectivity index (χ2v) is 7.34. The maximum atomic E-state index is 13.3. The molecule has 1 atom stereocenters. The van der Waals surface area contributed by atoms with Crippen molar-refractivity contribution in [2.45, 2.75) is 12.6 Å². The van der Waals surface area contributed by atoms with Crippen molar-refractivity contribution in [1.82, 2.24) is 4.90 Å². The number of amides is 1. The van der Waals surface area contributed by atoms with Crippen molar-refractivity contribution < 1.29 is 9.21 Å². The normalized spacial score (nSPS) is 15.7. The van der Waals surface area contributed by atoms with E-state index in [0.29, 0.717) is 35.1 Å². The summed E-state index contributed by atoms with van der Waals surface area (Å²) in [6.07, 6.45) is 1.56. The fraction of sp³-hybridized carbons (Fsp3) is 0.120. The van der Waals surface area contributed by atoms with Gasteiger partial charge in [-0.15, -0.1) is 0 Å². The Morgan fingerprint density at radius 2 is 1.60 bits per heavy atom. The molecule has 5 nitrogen and oxygen atoms in total. The minimum absolute atomic E-state index is 0.0992. The quantitative estimate of drug-likeness (QED) is 0.548. The van der Waals surface area contributed by atoms with Crippen LogP contribution in [0.15, 0.2) is 94.3 Å². The highest BCUT2D eigenvalue weighted by molar-refractivity contribution is 6.01. The number of hydrogen-bond acceptors (Lipinski definition) is 4. The highest BCUT2D eigenvalue weighted by Crippen LogP contribution is 2.32. The van der Waals surface area contributed by atoms with E-state index in [1.165, 1.54) is 6.26 Å². The molecule has 0 aliphatic carbocycles. The first-order chi connectivity index (χ1) is 14.7. The zero-order valence-corrected chi connectivity index (χ0v) is 16.2. The summed E-state index contributed by atoms with van der Waals surface area (Å²) >= 11 is 0. The van der Waals surface area contributed by atoms with E-state index in [9.17, 15) is 9.59 Å². The van der Waals surface area contributed by atoms with Gasteiger partial charge in [-0.05, 0) is 36.2 Å². The summed E-state index contributed by atoms with van der Waals surface area (Å²) in [7, 11) is 0. The van der Waals surface area contributed by atoms with Crippen LogP contribution in [0.2, 0.25) is 0 Å². The molecule has 1 aliphatic rings. The largest absolute Gasteiger partial charge is 0.464 e. The van der Waals surface area contributed by atoms with Gasteiger partial charge in [-0.3, -0.25) is 9.59 Å². The molecule has 1 unspecified atom stereocenters. The lowest BCUT2D eigenvalue weighted by Crippen LogP contribution is -2.45. The van der Waals surface area contributed by atoms with Gasteiger partial charge in [0.25, 0.3) is 5.91 Å². The van der Waals surface area contributed by atoms with Crippen molar-refractivity contribution >= 4 is 22.6 Å². The predicted molar refractivity (Wildman–Crippen MR) is 116 cm³/mol. The van der Waals surface area contributed by atoms with Crippen molar-refractivity contribution in [3.8, 4) is 0 Å². The predicted octanol–water partition coefficient (Wildman–Crippen LogP) is 4.60. The average molecular weight is 396 g/mol. The summed E-state index contributed by atoms with van der Waals surface area (Å²) < 4.78 is 5.73. The smallest absolute Gasteiger partial charge is 0.257 e. The first-order valence-corrected chi connectivity index (χ1v) is 9.93. The third-order valence-electron chi connectivity index (χ3n) is 5.51. The number of fused-ring (bicyclic) bond motifs is 2. The molecule has 2 heterocycles. The van der Waals surface area contributed by atoms with Crippen molar-refractivity contribution in [3.05, 3.63) is 112 Å². The van der Waals surface area contributed by atoms with Crippen LogP contribution in [0.25, 0.3) is 11.0 Å². The first kappa shape index (κ1) is 18.2. The Labute approximate surface area is 173 Å². The van der Waals surface area contributed by atoms with Crippen LogP contribution in [-0.2, 0) is 6.42 Å². The topological polar surface area (TPSA) is 62.6 Å². The lowest BCUT2D eigenvalue weighted by Gasteiger charge is -2.37. The van der Waals surface area contributed by atoms with Gasteiger partial charge < -0.3 is 14.6 Å². The Bertz CT molecular complexity index is 1280. The average Bonchev–Trinajstić information content (AvgIpc) is 2.80. The number of hydrogen-bond donors (Lipinski definition) is 1. The molecule has 1 N–H and O–H groups in total. The number of rotatable bonds is 4. The van der Waals surface area contributed by atoms with Gasteiger partial charge in [0.2, 0.25) is 0 Å². The van der Waals surface area contributed by atoms with E-state index in [4.69, 9.17) is 4.42 Å². The molecule has 0 fully saturated rings. The van der Waals surface area contributed by atoms with Crippen LogP contribution in [0, 0.1) is 0 Å². The number of benzene rings is 3. The number of carbonyl (C=O) groups excluding carboxylic acids is 1. The van der Waals surface area contributed by atoms with Gasteiger partial charge in [-0.1, -0.05) is 54.6 Å². The summed E-state index contributed by atoms with van der Waals surface area (Å²) in [6.45, 7) is 0.473. The van der Waals surface area contributed by atoms with Crippen LogP contribution in [0.1, 0.15) is 27.7 Å². The Kier molecular flexibility index (Phi) is 4.56. The Balaban J connectivity index is 1.58. The molecule has 3 aromatic carbocycles. The Morgan fingerprint density at radius 1 is 0.867 bits per heavy atom. The maximum Gasteiger partial charge on any atom is 0.257 e. The van der Waals surface area contributed by atoms with Gasteiger partial charge in [0.15, 0.2) is 5.43 Å². The molecule has 0 radical (unpaired) electrons. The van der Waals surface area contributed by atoms with Gasteiger partial charge in [0, 0.05) is 12.2 Å². The number of nitrogens with zero attached hydrogens (tertiary/aromatic N) is 1. The zero-order chi connectivity index (χ0) is 20.5. The molecule has 30 heavy (non-hydrogen) atoms. The molecule has 1 amide bonds. The van der Waals surface area contributed by atoms with Gasteiger partial charge in [0.05, 0.1) is 16.5 Å². The maximum absolute atomic E-state index is 13.3. The van der Waals surface area contributed by atoms with Crippen LogP contribution in [0.5, 0.6) is 0 Å². The molecular weight excluding hydrogens is 376 g/mol. The summed E-state index contributed by atoms with van der Waals surface area (Å²) in [5.41, 5.74) is 3.27. The molecule has 0 saturated heterocycles. The third kappa shape index (κ3) is 3.14. The van der Waals surface area contributed by atoms with E-state index >= 15 is 0 Å². The summed E-state index contributed by atoms with van der Waals surface area (Å²) in [4.78, 5) is 28.3. The van der Waals surface area contributed by atoms with E-state index in [0.717, 1.165) is 11.3 Å². The summed E-state index contributed by atoms with van der Waals surface area (Å²) in [6, 6.07) is 24.5. The Hall–Kier alpha value is -3.86. The van der Waals surface area contributed by atoms with Gasteiger partial charge in [0.1, 0.15) is 18.0 Å². The highest BCUT2D eigenvalue weighted by Gasteiger charge is 2.34. The van der Waals surface area contributed by atoms with Crippen molar-refractivity contribution in [2.75, 3.05) is 11.9 Å². The number of nitrogens with one attached hydrogen (secondary N) is 1. The second-order valence-electron chi connectivity index (χ2n) is 7.34. The van der Waals surface area contributed by atoms with E-state index in [-0.39, 0.29) is 11.3 Å². The fourth-order valence-corrected chi connectivity index (χ4v) is 3.94. The highest BCUT2D eigenvalue weighted by atomic mass is 16.3. The van der Waals surface area contributed by atoms with Crippen LogP contribution in [0.3, 0.4) is 0 Å². The molecular formula is C25H20N2O3. The lowest BCUT2D eigenvalue weighted by molar-refractivity contribution is 0.0683. The monoisotopic (exact) mass is 396 g/mol. The van der Waals surface area contributed by atoms with Crippen LogP contribution in [0.4, 0.5) is 5.69 Å². The second kappa shape index (κ2) is 7.52. The minimum atomic E-state index is -0.600. The molecule has 1 aromatic heterocycles. The molecule has 0 saturated carbocycles. The minimum Gasteiger partial charge on any atom is -0.464 e. The lowest BCUT2D eigenvalue weighted by atomic mass is 10.0. The fourth-order valence-electron chi connectivity index (χ4n) is 3.94. The van der Waals surface area contributed by atoms with Gasteiger partial charge >= 0.3 is 0 Å². The standard InChI is InChI=1S/C25H20N2O3/c28-23-19-11-5-7-13-22(19)30-16-20(23)24-26-21-12-6-4-10-18(21)25(29)27(24)15-14-17-8-2-1-3-9-17/h1-13,16,24,26H,14-15H2. The van der Waals surface area contributed by atoms with Crippen molar-refractivity contribution in [3.63, 3.8) is 0 Å². The zero-order valence-electron chi connectivity index (χ0n) is 16.2. The van der Waals surface area contributed by atoms with Gasteiger partial charge in [-0.2, -0.15) is 0 Å². The molecule has 4 aromatic rings. The van der Waals surface area contributed by atoms with Crippen LogP contribution >= 0.6 is 0 Å². The van der Waals surface area contributed by atoms with E-state index < -0.39 is 6.17 Å². The van der Waals surface area contributed by atoms with E-state index in [2.05, 4.69) is 5.32 Å². The summed E-state index contributed by atoms with van der Waals surface area (Å²) in [5.74, 6) is -0.0992. The number of carbonyl (C=O) groups is 1. The van der Waals surface area contributed by atoms with Crippen LogP contribution < -0.4 is 10.7 Å². The number of anilines is 1. The Morgan fingerprint density at radius 3 is 2.47 bits per heavy atom. The molecule has 0 spiro atoms. The summed E-state index contributed by atoms with van der Waals surface area (Å²) in [5, 5.41) is 3.89. The molecule has 5 rings (SSSR count). The molecule has 1 aliphatic heterocycles. The third-order valence-corrected chi connectivity index (χ3v) is 5.51. The van der Waals surface area contributed by atoms with E-state index in [1.807, 2.05) is 60.7 Å². The number of para-hydroxylation sites is 2. The molecule has 0 bridgehead atoms. The van der Waals surface area contributed by atoms with Gasteiger partial charge in [-0.25, -0.2) is 0 Å². The van der Waals surface area contributed by atoms with Crippen molar-refractivity contribution in [2.24, 2.45) is 0 Å². The first-order valence-electron chi connectivity index (χ1n) is 9.93. The van der Waals surface area contributed by atoms with Crippen LogP contribution in [-0.4, -0.2) is 17.4 Å². The SMILES string of the molecule is O=C1c2ccccc2NC(c2coc3ccccc3c2=O)N1CCc1ccccc1.